The largest absolute Gasteiger partial charge is 0.376 e. The maximum atomic E-state index is 12.9. The third-order valence-corrected chi connectivity index (χ3v) is 6.63. The van der Waals surface area contributed by atoms with Gasteiger partial charge >= 0.3 is 0 Å². The van der Waals surface area contributed by atoms with Gasteiger partial charge in [0, 0.05) is 38.1 Å². The second-order valence-corrected chi connectivity index (χ2v) is 8.56. The lowest BCUT2D eigenvalue weighted by Gasteiger charge is -2.38. The van der Waals surface area contributed by atoms with Crippen molar-refractivity contribution in [2.75, 3.05) is 32.8 Å². The fourth-order valence-electron chi connectivity index (χ4n) is 5.03. The number of nitrogens with zero attached hydrogens (tertiary/aromatic N) is 4. The van der Waals surface area contributed by atoms with Crippen molar-refractivity contribution in [3.8, 4) is 0 Å². The maximum absolute atomic E-state index is 12.9. The van der Waals surface area contributed by atoms with E-state index in [0.29, 0.717) is 12.5 Å². The molecular weight excluding hydrogens is 340 g/mol. The molecule has 0 aromatic carbocycles. The number of piperidine rings is 1. The van der Waals surface area contributed by atoms with Crippen LogP contribution < -0.4 is 0 Å². The Kier molecular flexibility index (Phi) is 6.45. The van der Waals surface area contributed by atoms with Gasteiger partial charge in [0.15, 0.2) is 0 Å². The van der Waals surface area contributed by atoms with Crippen LogP contribution in [0.3, 0.4) is 0 Å². The van der Waals surface area contributed by atoms with Crippen molar-refractivity contribution < 1.29 is 9.53 Å². The van der Waals surface area contributed by atoms with Crippen LogP contribution >= 0.6 is 0 Å². The van der Waals surface area contributed by atoms with Crippen LogP contribution in [0.1, 0.15) is 51.4 Å². The Balaban J connectivity index is 1.31. The first-order valence-corrected chi connectivity index (χ1v) is 10.9. The third-order valence-electron chi connectivity index (χ3n) is 6.63. The number of amides is 1. The maximum Gasteiger partial charge on any atom is 0.244 e. The monoisotopic (exact) mass is 374 g/mol. The molecule has 1 amide bonds. The van der Waals surface area contributed by atoms with E-state index in [-0.39, 0.29) is 12.0 Å². The van der Waals surface area contributed by atoms with E-state index in [1.165, 1.54) is 51.6 Å². The van der Waals surface area contributed by atoms with Gasteiger partial charge in [0.25, 0.3) is 0 Å². The zero-order chi connectivity index (χ0) is 18.5. The number of rotatable bonds is 7. The number of likely N-dealkylation sites (tertiary alicyclic amines) is 1. The van der Waals surface area contributed by atoms with Gasteiger partial charge in [-0.05, 0) is 63.6 Å². The first-order chi connectivity index (χ1) is 13.3. The quantitative estimate of drug-likeness (QED) is 0.736. The molecule has 0 radical (unpaired) electrons. The lowest BCUT2D eigenvalue weighted by molar-refractivity contribution is -0.134. The van der Waals surface area contributed by atoms with Crippen LogP contribution in [-0.2, 0) is 16.1 Å². The summed E-state index contributed by atoms with van der Waals surface area (Å²) in [6, 6.07) is 2.70. The lowest BCUT2D eigenvalue weighted by atomic mass is 9.94. The van der Waals surface area contributed by atoms with Gasteiger partial charge in [-0.2, -0.15) is 5.10 Å². The minimum atomic E-state index is 0.174. The molecule has 6 nitrogen and oxygen atoms in total. The molecule has 3 heterocycles. The molecule has 1 aromatic rings. The van der Waals surface area contributed by atoms with Crippen molar-refractivity contribution in [1.82, 2.24) is 19.6 Å². The average Bonchev–Trinajstić information content (AvgIpc) is 3.45. The molecule has 1 saturated carbocycles. The molecule has 3 fully saturated rings. The summed E-state index contributed by atoms with van der Waals surface area (Å²) in [5.41, 5.74) is 0. The minimum Gasteiger partial charge on any atom is -0.376 e. The summed E-state index contributed by atoms with van der Waals surface area (Å²) in [7, 11) is 0. The minimum absolute atomic E-state index is 0.174. The molecule has 1 aliphatic carbocycles. The van der Waals surface area contributed by atoms with Crippen LogP contribution in [0, 0.1) is 5.92 Å². The summed E-state index contributed by atoms with van der Waals surface area (Å²) < 4.78 is 7.55. The summed E-state index contributed by atoms with van der Waals surface area (Å²) in [4.78, 5) is 17.7. The van der Waals surface area contributed by atoms with Crippen molar-refractivity contribution in [3.05, 3.63) is 18.5 Å². The normalized spacial score (nSPS) is 25.3. The summed E-state index contributed by atoms with van der Waals surface area (Å²) in [5.74, 6) is 0.790. The zero-order valence-corrected chi connectivity index (χ0v) is 16.5. The molecule has 27 heavy (non-hydrogen) atoms. The zero-order valence-electron chi connectivity index (χ0n) is 16.5. The molecule has 0 N–H and O–H groups in total. The van der Waals surface area contributed by atoms with Crippen LogP contribution in [0.2, 0.25) is 0 Å². The Bertz CT molecular complexity index is 571. The van der Waals surface area contributed by atoms with Gasteiger partial charge in [0.05, 0.1) is 6.10 Å². The van der Waals surface area contributed by atoms with E-state index >= 15 is 0 Å². The standard InChI is InChI=1S/C21H34N4O2/c26-21(17-25-11-4-10-22-25)24(16-20-7-3-14-27-20)15-18-8-12-23(13-9-18)19-5-1-2-6-19/h4,10-11,18-20H,1-3,5-9,12-17H2/t20-/m1/s1. The molecule has 2 aliphatic heterocycles. The number of ether oxygens (including phenoxy) is 1. The fourth-order valence-corrected chi connectivity index (χ4v) is 5.03. The summed E-state index contributed by atoms with van der Waals surface area (Å²) >= 11 is 0. The molecule has 150 valence electrons. The van der Waals surface area contributed by atoms with Crippen molar-refractivity contribution >= 4 is 5.91 Å². The first kappa shape index (κ1) is 18.9. The second-order valence-electron chi connectivity index (χ2n) is 8.56. The SMILES string of the molecule is O=C(Cn1cccn1)N(CC1CCN(C2CCCC2)CC1)C[C@H]1CCCO1. The third kappa shape index (κ3) is 5.11. The highest BCUT2D eigenvalue weighted by Gasteiger charge is 2.30. The number of hydrogen-bond acceptors (Lipinski definition) is 4. The molecule has 2 saturated heterocycles. The van der Waals surface area contributed by atoms with Gasteiger partial charge in [-0.1, -0.05) is 12.8 Å². The van der Waals surface area contributed by atoms with Crippen LogP contribution in [0.25, 0.3) is 0 Å². The van der Waals surface area contributed by atoms with Gasteiger partial charge < -0.3 is 14.5 Å². The van der Waals surface area contributed by atoms with E-state index in [1.54, 1.807) is 10.9 Å². The molecule has 3 aliphatic rings. The van der Waals surface area contributed by atoms with E-state index in [0.717, 1.165) is 38.6 Å². The molecule has 6 heteroatoms. The highest BCUT2D eigenvalue weighted by atomic mass is 16.5. The van der Waals surface area contributed by atoms with Crippen LogP contribution in [0.5, 0.6) is 0 Å². The number of carbonyl (C=O) groups is 1. The van der Waals surface area contributed by atoms with E-state index in [9.17, 15) is 4.79 Å². The topological polar surface area (TPSA) is 50.6 Å². The molecule has 4 rings (SSSR count). The molecule has 1 aromatic heterocycles. The van der Waals surface area contributed by atoms with Crippen LogP contribution in [0.15, 0.2) is 18.5 Å². The van der Waals surface area contributed by atoms with Gasteiger partial charge in [-0.15, -0.1) is 0 Å². The van der Waals surface area contributed by atoms with E-state index in [4.69, 9.17) is 4.74 Å². The smallest absolute Gasteiger partial charge is 0.244 e. The highest BCUT2D eigenvalue weighted by Crippen LogP contribution is 2.28. The van der Waals surface area contributed by atoms with Crippen molar-refractivity contribution in [1.29, 1.82) is 0 Å². The Morgan fingerprint density at radius 3 is 2.56 bits per heavy atom. The lowest BCUT2D eigenvalue weighted by Crippen LogP contribution is -2.46. The Morgan fingerprint density at radius 1 is 1.07 bits per heavy atom. The molecule has 0 spiro atoms. The van der Waals surface area contributed by atoms with Crippen molar-refractivity contribution in [3.63, 3.8) is 0 Å². The van der Waals surface area contributed by atoms with Crippen molar-refractivity contribution in [2.24, 2.45) is 5.92 Å². The molecule has 0 bridgehead atoms. The predicted octanol–water partition coefficient (Wildman–Crippen LogP) is 2.55. The Morgan fingerprint density at radius 2 is 1.89 bits per heavy atom. The predicted molar refractivity (Wildman–Crippen MR) is 104 cm³/mol. The highest BCUT2D eigenvalue weighted by molar-refractivity contribution is 5.76. The Labute approximate surface area is 162 Å². The van der Waals surface area contributed by atoms with Crippen molar-refractivity contribution in [2.45, 2.75) is 70.1 Å². The van der Waals surface area contributed by atoms with Gasteiger partial charge in [-0.25, -0.2) is 0 Å². The van der Waals surface area contributed by atoms with E-state index < -0.39 is 0 Å². The van der Waals surface area contributed by atoms with Crippen LogP contribution in [-0.4, -0.2) is 70.4 Å². The molecule has 1 atom stereocenters. The summed E-state index contributed by atoms with van der Waals surface area (Å²) in [5, 5.41) is 4.20. The number of hydrogen-bond donors (Lipinski definition) is 0. The van der Waals surface area contributed by atoms with E-state index in [1.807, 2.05) is 12.3 Å². The van der Waals surface area contributed by atoms with Gasteiger partial charge in [-0.3, -0.25) is 9.48 Å². The second kappa shape index (κ2) is 9.20. The number of aromatic nitrogens is 2. The average molecular weight is 375 g/mol. The van der Waals surface area contributed by atoms with Crippen LogP contribution in [0.4, 0.5) is 0 Å². The van der Waals surface area contributed by atoms with E-state index in [2.05, 4.69) is 14.9 Å². The van der Waals surface area contributed by atoms with Gasteiger partial charge in [0.1, 0.15) is 6.54 Å². The molecular formula is C21H34N4O2. The number of carbonyl (C=O) groups excluding carboxylic acids is 1. The fraction of sp³-hybridized carbons (Fsp3) is 0.810. The van der Waals surface area contributed by atoms with Gasteiger partial charge in [0.2, 0.25) is 5.91 Å². The Hall–Kier alpha value is -1.40. The summed E-state index contributed by atoms with van der Waals surface area (Å²) in [6.07, 6.45) is 14.0. The summed E-state index contributed by atoms with van der Waals surface area (Å²) in [6.45, 7) is 5.20. The molecule has 0 unspecified atom stereocenters. The first-order valence-electron chi connectivity index (χ1n) is 10.9.